The van der Waals surface area contributed by atoms with Gasteiger partial charge in [-0.1, -0.05) is 277 Å². The molecule has 0 aromatic heterocycles. The third-order valence-corrected chi connectivity index (χ3v) is 21.4. The molecule has 21 atom stereocenters. The molecule has 33 heteroatoms. The second-order valence-corrected chi connectivity index (χ2v) is 33.3. The molecule has 128 heavy (non-hydrogen) atoms. The van der Waals surface area contributed by atoms with Crippen molar-refractivity contribution in [1.82, 2.24) is 10.6 Å². The number of halogens is 3. The van der Waals surface area contributed by atoms with Crippen LogP contribution in [-0.4, -0.2) is 209 Å². The van der Waals surface area contributed by atoms with Gasteiger partial charge >= 0.3 is 36.1 Å². The van der Waals surface area contributed by atoms with Crippen molar-refractivity contribution < 1.29 is 133 Å². The maximum Gasteiger partial charge on any atom is 0.407 e. The first-order chi connectivity index (χ1) is 62.2. The summed E-state index contributed by atoms with van der Waals surface area (Å²) in [5, 5.41) is 5.57. The lowest BCUT2D eigenvalue weighted by atomic mass is 9.93. The van der Waals surface area contributed by atoms with Crippen molar-refractivity contribution >= 4 is 70.9 Å². The van der Waals surface area contributed by atoms with E-state index < -0.39 is 189 Å². The van der Waals surface area contributed by atoms with Crippen LogP contribution >= 0.6 is 34.8 Å². The maximum atomic E-state index is 15.5. The molecule has 2 amide bonds. The van der Waals surface area contributed by atoms with E-state index in [0.717, 1.165) is 48.6 Å². The van der Waals surface area contributed by atoms with Crippen molar-refractivity contribution in [3.63, 3.8) is 0 Å². The quantitative estimate of drug-likeness (QED) is 0.0156. The van der Waals surface area contributed by atoms with Crippen LogP contribution in [0.15, 0.2) is 243 Å². The van der Waals surface area contributed by atoms with E-state index in [9.17, 15) is 24.0 Å². The second kappa shape index (κ2) is 48.9. The van der Waals surface area contributed by atoms with Gasteiger partial charge in [0.25, 0.3) is 0 Å². The monoisotopic (exact) mass is 1830 g/mol. The van der Waals surface area contributed by atoms with Crippen LogP contribution in [0.1, 0.15) is 84.9 Å². The molecule has 30 nitrogen and oxygen atoms in total. The van der Waals surface area contributed by atoms with Crippen LogP contribution in [-0.2, 0) is 170 Å². The SMILES string of the molecule is CC(=O)OC[C@H]1O[C@H](OCCCNC(=O)OCc2ccccc2)[C@@H](OC(C)=O)[C@@H](O[C@@H]2O[C@H](COCc3ccccc3)[C@H](O[C@H]3O[C@@H]4COC(c5ccccc5)O[C@H]4[C@H](OCc4ccccc4)[C@H]3OCc3ccccc3)[C@H](O[C@@H]3O[C@H](COCc4ccccc4)[C@@H](OCc4ccccc4)[C@H](OCc4ccccc4)[C@H]3OC(C)=O)[C@H]2NC(=O)OCC(Cl)(Cl)Cl)[C@@H]1OC(C)=O. The summed E-state index contributed by atoms with van der Waals surface area (Å²) in [7, 11) is 0. The third kappa shape index (κ3) is 29.0. The van der Waals surface area contributed by atoms with E-state index >= 15 is 4.79 Å². The molecule has 0 bridgehead atoms. The zero-order valence-corrected chi connectivity index (χ0v) is 73.2. The Labute approximate surface area is 756 Å². The summed E-state index contributed by atoms with van der Waals surface area (Å²) in [6, 6.07) is 72.3. The number of hydrogen-bond donors (Lipinski definition) is 2. The average molecular weight is 1830 g/mol. The minimum Gasteiger partial charge on any atom is -0.463 e. The zero-order chi connectivity index (χ0) is 89.6. The van der Waals surface area contributed by atoms with Gasteiger partial charge in [0.05, 0.1) is 66.1 Å². The Balaban J connectivity index is 0.982. The summed E-state index contributed by atoms with van der Waals surface area (Å²) in [6.07, 6.45) is -32.5. The predicted octanol–water partition coefficient (Wildman–Crippen LogP) is 13.1. The molecule has 5 aliphatic heterocycles. The van der Waals surface area contributed by atoms with Crippen LogP contribution in [0.3, 0.4) is 0 Å². The number of rotatable bonds is 41. The number of nitrogens with one attached hydrogen (secondary N) is 2. The molecule has 1 unspecified atom stereocenters. The topological polar surface area (TPSA) is 330 Å². The Morgan fingerprint density at radius 3 is 1.27 bits per heavy atom. The van der Waals surface area contributed by atoms with Crippen molar-refractivity contribution in [2.24, 2.45) is 0 Å². The van der Waals surface area contributed by atoms with Gasteiger partial charge in [-0.3, -0.25) is 19.2 Å². The summed E-state index contributed by atoms with van der Waals surface area (Å²) in [5.74, 6) is -3.53. The van der Waals surface area contributed by atoms with Crippen LogP contribution in [0, 0.1) is 0 Å². The van der Waals surface area contributed by atoms with Crippen LogP contribution < -0.4 is 10.6 Å². The molecule has 13 rings (SSSR count). The van der Waals surface area contributed by atoms with Crippen molar-refractivity contribution in [2.75, 3.05) is 46.2 Å². The lowest BCUT2D eigenvalue weighted by molar-refractivity contribution is -0.405. The van der Waals surface area contributed by atoms with Gasteiger partial charge in [0, 0.05) is 39.8 Å². The molecule has 5 aliphatic rings. The smallest absolute Gasteiger partial charge is 0.407 e. The molecular weight excluding hydrogens is 1720 g/mol. The summed E-state index contributed by atoms with van der Waals surface area (Å²) >= 11 is 19.2. The maximum absolute atomic E-state index is 15.5. The van der Waals surface area contributed by atoms with Gasteiger partial charge in [0.2, 0.25) is 3.79 Å². The van der Waals surface area contributed by atoms with Crippen LogP contribution in [0.4, 0.5) is 9.59 Å². The van der Waals surface area contributed by atoms with Crippen LogP contribution in [0.2, 0.25) is 0 Å². The van der Waals surface area contributed by atoms with Crippen molar-refractivity contribution in [1.29, 1.82) is 0 Å². The number of carbonyl (C=O) groups excluding carboxylic acids is 6. The lowest BCUT2D eigenvalue weighted by Gasteiger charge is -2.53. The second-order valence-electron chi connectivity index (χ2n) is 30.8. The number of carbonyl (C=O) groups is 6. The molecule has 0 radical (unpaired) electrons. The van der Waals surface area contributed by atoms with E-state index in [2.05, 4.69) is 10.6 Å². The van der Waals surface area contributed by atoms with Gasteiger partial charge in [-0.2, -0.15) is 0 Å². The van der Waals surface area contributed by atoms with Gasteiger partial charge in [-0.05, 0) is 45.4 Å². The average Bonchev–Trinajstić information content (AvgIpc) is 0.755. The molecule has 0 aliphatic carbocycles. The first-order valence-corrected chi connectivity index (χ1v) is 43.3. The molecule has 5 fully saturated rings. The summed E-state index contributed by atoms with van der Waals surface area (Å²) in [5.41, 5.74) is 5.90. The molecule has 0 spiro atoms. The fourth-order valence-corrected chi connectivity index (χ4v) is 15.4. The van der Waals surface area contributed by atoms with E-state index in [-0.39, 0.29) is 79.0 Å². The minimum absolute atomic E-state index is 0.00446. The van der Waals surface area contributed by atoms with Gasteiger partial charge in [-0.15, -0.1) is 0 Å². The Bertz CT molecular complexity index is 4690. The van der Waals surface area contributed by atoms with Crippen molar-refractivity contribution in [3.05, 3.63) is 287 Å². The molecule has 8 aromatic carbocycles. The number of ether oxygens (including phenoxy) is 22. The number of benzene rings is 8. The van der Waals surface area contributed by atoms with Crippen LogP contribution in [0.5, 0.6) is 0 Å². The Kier molecular flexibility index (Phi) is 36.7. The molecule has 5 heterocycles. The molecule has 8 aromatic rings. The summed E-state index contributed by atoms with van der Waals surface area (Å²) < 4.78 is 147. The molecule has 2 N–H and O–H groups in total. The molecule has 0 saturated carbocycles. The predicted molar refractivity (Wildman–Crippen MR) is 459 cm³/mol. The zero-order valence-electron chi connectivity index (χ0n) is 70.9. The summed E-state index contributed by atoms with van der Waals surface area (Å²) in [4.78, 5) is 83.8. The normalized spacial score (nSPS) is 26.9. The number of esters is 4. The first kappa shape index (κ1) is 96.0. The number of alkyl carbamates (subject to hydrolysis) is 2. The Morgan fingerprint density at radius 2 is 0.766 bits per heavy atom. The molecule has 5 saturated heterocycles. The third-order valence-electron chi connectivity index (χ3n) is 21.1. The number of amides is 2. The highest BCUT2D eigenvalue weighted by Gasteiger charge is 2.61. The van der Waals surface area contributed by atoms with Gasteiger partial charge in [0.15, 0.2) is 49.8 Å². The Hall–Kier alpha value is -9.59. The van der Waals surface area contributed by atoms with E-state index in [1.807, 2.05) is 231 Å². The molecule has 684 valence electrons. The number of hydrogen-bond acceptors (Lipinski definition) is 28. The highest BCUT2D eigenvalue weighted by atomic mass is 35.6. The highest BCUT2D eigenvalue weighted by molar-refractivity contribution is 6.67. The van der Waals surface area contributed by atoms with Crippen molar-refractivity contribution in [2.45, 2.75) is 213 Å². The number of alkyl halides is 3. The van der Waals surface area contributed by atoms with Crippen LogP contribution in [0.25, 0.3) is 0 Å². The van der Waals surface area contributed by atoms with E-state index in [1.54, 1.807) is 12.1 Å². The van der Waals surface area contributed by atoms with E-state index in [1.165, 1.54) is 6.92 Å². The highest BCUT2D eigenvalue weighted by Crippen LogP contribution is 2.43. The Morgan fingerprint density at radius 1 is 0.359 bits per heavy atom. The first-order valence-electron chi connectivity index (χ1n) is 42.2. The van der Waals surface area contributed by atoms with E-state index in [4.69, 9.17) is 139 Å². The molecular formula is C95H105Cl3N2O28. The lowest BCUT2D eigenvalue weighted by Crippen LogP contribution is -2.72. The fourth-order valence-electron chi connectivity index (χ4n) is 15.2. The van der Waals surface area contributed by atoms with Gasteiger partial charge in [0.1, 0.15) is 99.1 Å². The van der Waals surface area contributed by atoms with Crippen molar-refractivity contribution in [3.8, 4) is 0 Å². The van der Waals surface area contributed by atoms with E-state index in [0.29, 0.717) is 16.7 Å². The van der Waals surface area contributed by atoms with Gasteiger partial charge < -0.3 is 115 Å². The standard InChI is InChI=1S/C95H105Cl3N2O28/c1-60(101)110-57-74-80(118-61(2)102)84(87(120-63(4)104)90(122-74)109-47-29-46-99-93(105)116-54-70-42-25-11-26-43-70)128-89-76(100-94(106)117-59-95(96,97)98)81(127-92-86(119-62(3)103)82(112-51-67-36-19-8-20-37-67)77(111-50-66-34-17-7-18-35-66)72(123-92)55-107-48-64-30-13-5-14-31-64)78(73(121-89)56-108-49-65-32-15-6-16-33-65)126-91-85(114-53-69-40-23-10-24-41-69)83(113-52-68-38-21-9-22-39-68)79-75(124-91)58-115-88(125-79)71-44-27-12-28-45-71/h5-28,30-45,72-92H,29,46-59H2,1-4H3,(H,99,105)(H,100,106)/t72-,73-,74-,75-,76-,77-,78+,79-,80-,81-,82+,83+,84+,85-,86-,87+,88?,89+,90+,91-,92+/m1/s1. The minimum atomic E-state index is -2.25. The van der Waals surface area contributed by atoms with Gasteiger partial charge in [-0.25, -0.2) is 9.59 Å². The largest absolute Gasteiger partial charge is 0.463 e. The summed E-state index contributed by atoms with van der Waals surface area (Å²) in [6.45, 7) is 1.57. The fraction of sp³-hybridized carbons (Fsp3) is 0.432. The number of fused-ring (bicyclic) bond motifs is 1.